The molecule has 0 aliphatic carbocycles. The predicted molar refractivity (Wildman–Crippen MR) is 110 cm³/mol. The van der Waals surface area contributed by atoms with Crippen molar-refractivity contribution in [3.63, 3.8) is 0 Å². The van der Waals surface area contributed by atoms with E-state index in [1.165, 1.54) is 0 Å². The van der Waals surface area contributed by atoms with E-state index < -0.39 is 5.60 Å². The van der Waals surface area contributed by atoms with Crippen LogP contribution in [0.4, 0.5) is 4.79 Å². The van der Waals surface area contributed by atoms with Crippen LogP contribution >= 0.6 is 0 Å². The Labute approximate surface area is 171 Å². The van der Waals surface area contributed by atoms with Crippen molar-refractivity contribution < 1.29 is 19.1 Å². The van der Waals surface area contributed by atoms with Gasteiger partial charge < -0.3 is 19.3 Å². The smallest absolute Gasteiger partial charge is 0.410 e. The van der Waals surface area contributed by atoms with Crippen LogP contribution in [0.1, 0.15) is 31.1 Å². The highest BCUT2D eigenvalue weighted by atomic mass is 16.6. The summed E-state index contributed by atoms with van der Waals surface area (Å²) in [5.41, 5.74) is 1.88. The molecule has 0 radical (unpaired) electrons. The molecule has 4 rings (SSSR count). The van der Waals surface area contributed by atoms with Crippen molar-refractivity contribution in [3.05, 3.63) is 54.1 Å². The van der Waals surface area contributed by atoms with Crippen LogP contribution in [-0.4, -0.2) is 59.7 Å². The summed E-state index contributed by atoms with van der Waals surface area (Å²) in [5, 5.41) is 0. The minimum absolute atomic E-state index is 0.0502. The number of hydrogen-bond acceptors (Lipinski definition) is 4. The van der Waals surface area contributed by atoms with E-state index in [-0.39, 0.29) is 18.0 Å². The highest BCUT2D eigenvalue weighted by Gasteiger charge is 2.38. The zero-order chi connectivity index (χ0) is 20.6. The number of amides is 2. The molecule has 0 bridgehead atoms. The molecule has 2 heterocycles. The Morgan fingerprint density at radius 3 is 2.55 bits per heavy atom. The van der Waals surface area contributed by atoms with E-state index in [0.717, 1.165) is 11.1 Å². The molecule has 0 spiro atoms. The lowest BCUT2D eigenvalue weighted by Gasteiger charge is -2.40. The summed E-state index contributed by atoms with van der Waals surface area (Å²) in [6.45, 7) is 7.18. The van der Waals surface area contributed by atoms with Crippen molar-refractivity contribution in [2.45, 2.75) is 32.4 Å². The van der Waals surface area contributed by atoms with Gasteiger partial charge in [0.1, 0.15) is 18.0 Å². The molecule has 0 saturated carbocycles. The van der Waals surface area contributed by atoms with Gasteiger partial charge in [-0.1, -0.05) is 42.5 Å². The summed E-state index contributed by atoms with van der Waals surface area (Å²) in [6.07, 6.45) is -0.351. The van der Waals surface area contributed by atoms with Gasteiger partial charge in [0.25, 0.3) is 5.91 Å². The van der Waals surface area contributed by atoms with Crippen LogP contribution in [0.2, 0.25) is 0 Å². The SMILES string of the molecule is CC(C)(C)OC(=O)N1CCN2C(=O)c3c(cccc3-c3ccccc3)OCC2C1. The topological polar surface area (TPSA) is 59.1 Å². The van der Waals surface area contributed by atoms with E-state index in [0.29, 0.717) is 37.6 Å². The monoisotopic (exact) mass is 394 g/mol. The Balaban J connectivity index is 1.60. The Bertz CT molecular complexity index is 920. The van der Waals surface area contributed by atoms with Gasteiger partial charge in [0.05, 0.1) is 11.6 Å². The zero-order valence-corrected chi connectivity index (χ0v) is 17.1. The predicted octanol–water partition coefficient (Wildman–Crippen LogP) is 3.81. The van der Waals surface area contributed by atoms with Crippen LogP contribution in [-0.2, 0) is 4.74 Å². The summed E-state index contributed by atoms with van der Waals surface area (Å²) in [6, 6.07) is 15.3. The highest BCUT2D eigenvalue weighted by Crippen LogP contribution is 2.35. The van der Waals surface area contributed by atoms with Gasteiger partial charge in [-0.25, -0.2) is 4.79 Å². The normalized spacial score (nSPS) is 19.0. The van der Waals surface area contributed by atoms with Gasteiger partial charge in [-0.2, -0.15) is 0 Å². The van der Waals surface area contributed by atoms with Crippen molar-refractivity contribution in [3.8, 4) is 16.9 Å². The average Bonchev–Trinajstić information content (AvgIpc) is 2.84. The van der Waals surface area contributed by atoms with Crippen molar-refractivity contribution in [2.24, 2.45) is 0 Å². The summed E-state index contributed by atoms with van der Waals surface area (Å²) < 4.78 is 11.5. The maximum absolute atomic E-state index is 13.5. The maximum Gasteiger partial charge on any atom is 0.410 e. The fourth-order valence-electron chi connectivity index (χ4n) is 3.82. The molecule has 2 amide bonds. The van der Waals surface area contributed by atoms with Crippen LogP contribution in [0.5, 0.6) is 5.75 Å². The zero-order valence-electron chi connectivity index (χ0n) is 17.1. The van der Waals surface area contributed by atoms with Gasteiger partial charge >= 0.3 is 6.09 Å². The van der Waals surface area contributed by atoms with Gasteiger partial charge in [0, 0.05) is 19.6 Å². The maximum atomic E-state index is 13.5. The minimum atomic E-state index is -0.551. The van der Waals surface area contributed by atoms with Crippen LogP contribution < -0.4 is 4.74 Å². The van der Waals surface area contributed by atoms with Crippen molar-refractivity contribution in [1.29, 1.82) is 0 Å². The Kier molecular flexibility index (Phi) is 4.94. The largest absolute Gasteiger partial charge is 0.491 e. The van der Waals surface area contributed by atoms with E-state index >= 15 is 0 Å². The second kappa shape index (κ2) is 7.43. The van der Waals surface area contributed by atoms with Gasteiger partial charge in [-0.15, -0.1) is 0 Å². The fraction of sp³-hybridized carbons (Fsp3) is 0.391. The van der Waals surface area contributed by atoms with E-state index in [1.54, 1.807) is 4.90 Å². The second-order valence-corrected chi connectivity index (χ2v) is 8.43. The molecule has 152 valence electrons. The first-order valence-corrected chi connectivity index (χ1v) is 9.93. The molecule has 1 fully saturated rings. The molecule has 1 saturated heterocycles. The quantitative estimate of drug-likeness (QED) is 0.738. The fourth-order valence-corrected chi connectivity index (χ4v) is 3.82. The number of nitrogens with zero attached hydrogens (tertiary/aromatic N) is 2. The van der Waals surface area contributed by atoms with Crippen LogP contribution in [0.15, 0.2) is 48.5 Å². The van der Waals surface area contributed by atoms with Crippen molar-refractivity contribution in [2.75, 3.05) is 26.2 Å². The number of benzene rings is 2. The molecule has 6 nitrogen and oxygen atoms in total. The lowest BCUT2D eigenvalue weighted by Crippen LogP contribution is -2.58. The third kappa shape index (κ3) is 3.92. The minimum Gasteiger partial charge on any atom is -0.491 e. The Morgan fingerprint density at radius 2 is 1.83 bits per heavy atom. The summed E-state index contributed by atoms with van der Waals surface area (Å²) in [7, 11) is 0. The number of fused-ring (bicyclic) bond motifs is 2. The van der Waals surface area contributed by atoms with Crippen LogP contribution in [0.25, 0.3) is 11.1 Å². The van der Waals surface area contributed by atoms with Gasteiger partial charge in [0.15, 0.2) is 0 Å². The number of ether oxygens (including phenoxy) is 2. The Hall–Kier alpha value is -3.02. The lowest BCUT2D eigenvalue weighted by molar-refractivity contribution is 0.000958. The summed E-state index contributed by atoms with van der Waals surface area (Å²) in [4.78, 5) is 29.5. The van der Waals surface area contributed by atoms with Crippen molar-refractivity contribution >= 4 is 12.0 Å². The molecule has 0 aromatic heterocycles. The van der Waals surface area contributed by atoms with Gasteiger partial charge in [-0.05, 0) is 38.0 Å². The first-order valence-electron chi connectivity index (χ1n) is 9.93. The van der Waals surface area contributed by atoms with Gasteiger partial charge in [-0.3, -0.25) is 4.79 Å². The molecule has 2 aromatic carbocycles. The molecule has 0 N–H and O–H groups in total. The molecular weight excluding hydrogens is 368 g/mol. The standard InChI is InChI=1S/C23H26N2O4/c1-23(2,3)29-22(27)24-12-13-25-17(14-24)15-28-19-11-7-10-18(20(19)21(25)26)16-8-5-4-6-9-16/h4-11,17H,12-15H2,1-3H3. The second-order valence-electron chi connectivity index (χ2n) is 8.43. The number of hydrogen-bond donors (Lipinski definition) is 0. The van der Waals surface area contributed by atoms with Gasteiger partial charge in [0.2, 0.25) is 0 Å². The third-order valence-corrected chi connectivity index (χ3v) is 5.15. The molecule has 2 aliphatic heterocycles. The highest BCUT2D eigenvalue weighted by molar-refractivity contribution is 6.04. The van der Waals surface area contributed by atoms with E-state index in [9.17, 15) is 9.59 Å². The summed E-state index contributed by atoms with van der Waals surface area (Å²) in [5.74, 6) is 0.542. The first kappa shape index (κ1) is 19.3. The molecule has 6 heteroatoms. The van der Waals surface area contributed by atoms with E-state index in [2.05, 4.69) is 0 Å². The Morgan fingerprint density at radius 1 is 1.07 bits per heavy atom. The van der Waals surface area contributed by atoms with Crippen LogP contribution in [0.3, 0.4) is 0 Å². The summed E-state index contributed by atoms with van der Waals surface area (Å²) >= 11 is 0. The lowest BCUT2D eigenvalue weighted by atomic mass is 9.97. The molecule has 1 atom stereocenters. The van der Waals surface area contributed by atoms with Crippen LogP contribution in [0, 0.1) is 0 Å². The molecule has 2 aromatic rings. The van der Waals surface area contributed by atoms with Crippen molar-refractivity contribution in [1.82, 2.24) is 9.80 Å². The molecule has 1 unspecified atom stereocenters. The molecule has 29 heavy (non-hydrogen) atoms. The molecule has 2 aliphatic rings. The average molecular weight is 394 g/mol. The number of carbonyl (C=O) groups excluding carboxylic acids is 2. The number of piperazine rings is 1. The van der Waals surface area contributed by atoms with E-state index in [4.69, 9.17) is 9.47 Å². The third-order valence-electron chi connectivity index (χ3n) is 5.15. The number of carbonyl (C=O) groups is 2. The first-order chi connectivity index (χ1) is 13.8. The molecular formula is C23H26N2O4. The van der Waals surface area contributed by atoms with E-state index in [1.807, 2.05) is 74.2 Å². The number of rotatable bonds is 1.